The second-order valence-corrected chi connectivity index (χ2v) is 7.69. The van der Waals surface area contributed by atoms with Crippen LogP contribution in [0.4, 0.5) is 13.2 Å². The van der Waals surface area contributed by atoms with E-state index >= 15 is 0 Å². The van der Waals surface area contributed by atoms with Gasteiger partial charge in [0.05, 0.1) is 19.3 Å². The number of rotatable bonds is 8. The number of hydrogen-bond acceptors (Lipinski definition) is 2. The maximum Gasteiger partial charge on any atom is 0.167 e. The number of halogens is 3. The highest BCUT2D eigenvalue weighted by Gasteiger charge is 2.24. The topological polar surface area (TPSA) is 18.5 Å². The highest BCUT2D eigenvalue weighted by atomic mass is 19.2. The van der Waals surface area contributed by atoms with Crippen LogP contribution in [-0.4, -0.2) is 25.9 Å². The Hall–Kier alpha value is -1.85. The predicted octanol–water partition coefficient (Wildman–Crippen LogP) is 6.41. The lowest BCUT2D eigenvalue weighted by Gasteiger charge is -2.29. The molecule has 0 bridgehead atoms. The summed E-state index contributed by atoms with van der Waals surface area (Å²) in [6.07, 6.45) is 3.97. The molecule has 29 heavy (non-hydrogen) atoms. The first kappa shape index (κ1) is 21.8. The molecule has 1 fully saturated rings. The number of ether oxygens (including phenoxy) is 2. The van der Waals surface area contributed by atoms with E-state index < -0.39 is 17.5 Å². The summed E-state index contributed by atoms with van der Waals surface area (Å²) >= 11 is 0. The molecule has 2 aromatic carbocycles. The number of hydrogen-bond donors (Lipinski definition) is 0. The molecule has 3 rings (SSSR count). The molecular weight excluding hydrogens is 377 g/mol. The van der Waals surface area contributed by atoms with Crippen LogP contribution in [0.3, 0.4) is 0 Å². The summed E-state index contributed by atoms with van der Waals surface area (Å²) in [7, 11) is 0. The van der Waals surface area contributed by atoms with Gasteiger partial charge in [-0.1, -0.05) is 44.5 Å². The molecular formula is C24H29F3O2. The molecule has 0 saturated carbocycles. The normalized spacial score (nSPS) is 19.5. The van der Waals surface area contributed by atoms with Crippen LogP contribution in [0.2, 0.25) is 0 Å². The van der Waals surface area contributed by atoms with E-state index in [9.17, 15) is 13.2 Å². The summed E-state index contributed by atoms with van der Waals surface area (Å²) in [5, 5.41) is 0. The van der Waals surface area contributed by atoms with Crippen LogP contribution >= 0.6 is 0 Å². The first-order chi connectivity index (χ1) is 14.0. The van der Waals surface area contributed by atoms with Crippen LogP contribution in [0, 0.1) is 17.5 Å². The van der Waals surface area contributed by atoms with E-state index in [2.05, 4.69) is 6.92 Å². The van der Waals surface area contributed by atoms with E-state index in [1.807, 2.05) is 6.92 Å². The third-order valence-electron chi connectivity index (χ3n) is 5.46. The highest BCUT2D eigenvalue weighted by molar-refractivity contribution is 5.66. The summed E-state index contributed by atoms with van der Waals surface area (Å²) in [6, 6.07) is 7.76. The SMILES string of the molecule is CCCOCC1CCC(c2ccc(-c3ccc(CCC)c(F)c3F)c(F)c2)CO1. The van der Waals surface area contributed by atoms with Crippen molar-refractivity contribution < 1.29 is 22.6 Å². The molecule has 1 heterocycles. The van der Waals surface area contributed by atoms with Crippen LogP contribution in [0.15, 0.2) is 30.3 Å². The standard InChI is InChI=1S/C24H29F3O2/c1-3-5-16-7-11-21(24(27)23(16)26)20-10-8-17(13-22(20)25)18-6-9-19(29-14-18)15-28-12-4-2/h7-8,10-11,13,18-19H,3-6,9,12,14-15H2,1-2H3. The van der Waals surface area contributed by atoms with E-state index in [4.69, 9.17) is 9.47 Å². The van der Waals surface area contributed by atoms with E-state index in [1.54, 1.807) is 18.2 Å². The second-order valence-electron chi connectivity index (χ2n) is 7.69. The Bertz CT molecular complexity index is 814. The van der Waals surface area contributed by atoms with Gasteiger partial charge in [-0.2, -0.15) is 0 Å². The van der Waals surface area contributed by atoms with Crippen molar-refractivity contribution in [2.45, 2.75) is 58.0 Å². The van der Waals surface area contributed by atoms with Gasteiger partial charge >= 0.3 is 0 Å². The molecule has 0 amide bonds. The van der Waals surface area contributed by atoms with Crippen molar-refractivity contribution in [3.05, 3.63) is 58.9 Å². The van der Waals surface area contributed by atoms with Gasteiger partial charge in [-0.15, -0.1) is 0 Å². The number of aryl methyl sites for hydroxylation is 1. The Morgan fingerprint density at radius 3 is 2.41 bits per heavy atom. The van der Waals surface area contributed by atoms with Crippen LogP contribution in [0.5, 0.6) is 0 Å². The molecule has 2 atom stereocenters. The number of benzene rings is 2. The molecule has 2 unspecified atom stereocenters. The highest BCUT2D eigenvalue weighted by Crippen LogP contribution is 2.33. The van der Waals surface area contributed by atoms with Crippen molar-refractivity contribution in [3.8, 4) is 11.1 Å². The summed E-state index contributed by atoms with van der Waals surface area (Å²) in [5.41, 5.74) is 1.18. The van der Waals surface area contributed by atoms with Crippen molar-refractivity contribution >= 4 is 0 Å². The largest absolute Gasteiger partial charge is 0.379 e. The van der Waals surface area contributed by atoms with E-state index in [-0.39, 0.29) is 23.1 Å². The Labute approximate surface area is 171 Å². The fourth-order valence-corrected chi connectivity index (χ4v) is 3.82. The fraction of sp³-hybridized carbons (Fsp3) is 0.500. The monoisotopic (exact) mass is 406 g/mol. The first-order valence-electron chi connectivity index (χ1n) is 10.5. The summed E-state index contributed by atoms with van der Waals surface area (Å²) in [5.74, 6) is -2.32. The van der Waals surface area contributed by atoms with Crippen LogP contribution < -0.4 is 0 Å². The lowest BCUT2D eigenvalue weighted by Crippen LogP contribution is -2.28. The Kier molecular flexibility index (Phi) is 7.73. The maximum absolute atomic E-state index is 14.8. The van der Waals surface area contributed by atoms with Gasteiger partial charge in [-0.3, -0.25) is 0 Å². The minimum absolute atomic E-state index is 0.0422. The van der Waals surface area contributed by atoms with E-state index in [0.717, 1.165) is 31.4 Å². The van der Waals surface area contributed by atoms with Gasteiger partial charge in [0, 0.05) is 23.7 Å². The molecule has 1 aliphatic heterocycles. The average molecular weight is 406 g/mol. The molecule has 0 aromatic heterocycles. The average Bonchev–Trinajstić information content (AvgIpc) is 2.73. The smallest absolute Gasteiger partial charge is 0.167 e. The molecule has 1 saturated heterocycles. The van der Waals surface area contributed by atoms with Crippen molar-refractivity contribution in [2.24, 2.45) is 0 Å². The molecule has 1 aliphatic rings. The quantitative estimate of drug-likeness (QED) is 0.472. The maximum atomic E-state index is 14.8. The lowest BCUT2D eigenvalue weighted by molar-refractivity contribution is -0.0481. The second kappa shape index (κ2) is 10.3. The van der Waals surface area contributed by atoms with Gasteiger partial charge < -0.3 is 9.47 Å². The van der Waals surface area contributed by atoms with Gasteiger partial charge in [0.2, 0.25) is 0 Å². The summed E-state index contributed by atoms with van der Waals surface area (Å²) in [4.78, 5) is 0. The minimum atomic E-state index is -0.987. The van der Waals surface area contributed by atoms with Crippen LogP contribution in [-0.2, 0) is 15.9 Å². The van der Waals surface area contributed by atoms with Gasteiger partial charge in [-0.25, -0.2) is 13.2 Å². The van der Waals surface area contributed by atoms with Crippen molar-refractivity contribution in [2.75, 3.05) is 19.8 Å². The molecule has 0 N–H and O–H groups in total. The van der Waals surface area contributed by atoms with Gasteiger partial charge in [0.25, 0.3) is 0 Å². The van der Waals surface area contributed by atoms with E-state index in [1.165, 1.54) is 12.1 Å². The molecule has 158 valence electrons. The van der Waals surface area contributed by atoms with Crippen LogP contribution in [0.25, 0.3) is 11.1 Å². The van der Waals surface area contributed by atoms with Crippen molar-refractivity contribution in [3.63, 3.8) is 0 Å². The zero-order valence-electron chi connectivity index (χ0n) is 17.1. The third kappa shape index (κ3) is 5.20. The van der Waals surface area contributed by atoms with Crippen molar-refractivity contribution in [1.82, 2.24) is 0 Å². The van der Waals surface area contributed by atoms with Gasteiger partial charge in [0.15, 0.2) is 11.6 Å². The zero-order chi connectivity index (χ0) is 20.8. The zero-order valence-corrected chi connectivity index (χ0v) is 17.1. The Balaban J connectivity index is 1.71. The molecule has 2 nitrogen and oxygen atoms in total. The fourth-order valence-electron chi connectivity index (χ4n) is 3.82. The third-order valence-corrected chi connectivity index (χ3v) is 5.46. The minimum Gasteiger partial charge on any atom is -0.379 e. The van der Waals surface area contributed by atoms with Gasteiger partial charge in [0.1, 0.15) is 5.82 Å². The molecule has 5 heteroatoms. The molecule has 0 radical (unpaired) electrons. The Morgan fingerprint density at radius 2 is 1.76 bits per heavy atom. The molecule has 2 aromatic rings. The first-order valence-corrected chi connectivity index (χ1v) is 10.5. The van der Waals surface area contributed by atoms with Crippen molar-refractivity contribution in [1.29, 1.82) is 0 Å². The molecule has 0 aliphatic carbocycles. The summed E-state index contributed by atoms with van der Waals surface area (Å²) < 4.78 is 54.9. The summed E-state index contributed by atoms with van der Waals surface area (Å²) in [6.45, 7) is 5.79. The van der Waals surface area contributed by atoms with Crippen LogP contribution in [0.1, 0.15) is 56.6 Å². The van der Waals surface area contributed by atoms with Gasteiger partial charge in [-0.05, 0) is 42.9 Å². The lowest BCUT2D eigenvalue weighted by atomic mass is 9.90. The Morgan fingerprint density at radius 1 is 0.966 bits per heavy atom. The molecule has 0 spiro atoms. The predicted molar refractivity (Wildman–Crippen MR) is 109 cm³/mol. The van der Waals surface area contributed by atoms with E-state index in [0.29, 0.717) is 31.6 Å².